The van der Waals surface area contributed by atoms with E-state index >= 15 is 0 Å². The topological polar surface area (TPSA) is 43.6 Å². The van der Waals surface area contributed by atoms with Crippen LogP contribution in [-0.4, -0.2) is 22.5 Å². The Morgan fingerprint density at radius 1 is 1.67 bits per heavy atom. The number of imidazole rings is 1. The summed E-state index contributed by atoms with van der Waals surface area (Å²) in [6.45, 7) is 2.02. The van der Waals surface area contributed by atoms with Gasteiger partial charge in [-0.1, -0.05) is 0 Å². The van der Waals surface area contributed by atoms with Gasteiger partial charge in [0.1, 0.15) is 0 Å². The first kappa shape index (κ1) is 9.92. The average Bonchev–Trinajstić information content (AvgIpc) is 2.73. The number of aromatic nitrogens is 2. The van der Waals surface area contributed by atoms with Crippen molar-refractivity contribution in [2.24, 2.45) is 0 Å². The summed E-state index contributed by atoms with van der Waals surface area (Å²) in [4.78, 5) is 17.2. The number of ether oxygens (including phenoxy) is 1. The normalized spacial score (nSPS) is 11.3. The number of hydrogen-bond donors (Lipinski definition) is 0. The molecule has 0 N–H and O–H groups in total. The Kier molecular flexibility index (Phi) is 2.55. The van der Waals surface area contributed by atoms with Crippen LogP contribution in [0.4, 0.5) is 0 Å². The molecular formula is C10H10N2O2S. The van der Waals surface area contributed by atoms with Crippen molar-refractivity contribution >= 4 is 28.3 Å². The minimum absolute atomic E-state index is 0.364. The first-order valence-corrected chi connectivity index (χ1v) is 5.22. The fourth-order valence-corrected chi connectivity index (χ4v) is 2.07. The smallest absolute Gasteiger partial charge is 0.330 e. The predicted molar refractivity (Wildman–Crippen MR) is 58.9 cm³/mol. The monoisotopic (exact) mass is 222 g/mol. The standard InChI is InChI=1S/C10H10N2O2S/c1-7-6-12-8(3-4-9(13)14-2)5-11-10(12)15-7/h3-6H,1-2H3/b4-3+. The number of fused-ring (bicyclic) bond motifs is 1. The molecule has 0 aliphatic rings. The molecule has 0 radical (unpaired) electrons. The number of nitrogens with zero attached hydrogens (tertiary/aromatic N) is 2. The van der Waals surface area contributed by atoms with Gasteiger partial charge in [-0.2, -0.15) is 0 Å². The molecule has 2 aromatic heterocycles. The third kappa shape index (κ3) is 1.92. The summed E-state index contributed by atoms with van der Waals surface area (Å²) in [5.41, 5.74) is 0.875. The highest BCUT2D eigenvalue weighted by Gasteiger charge is 2.03. The molecule has 0 aromatic carbocycles. The van der Waals surface area contributed by atoms with Crippen LogP contribution in [0.3, 0.4) is 0 Å². The van der Waals surface area contributed by atoms with Gasteiger partial charge in [-0.25, -0.2) is 9.78 Å². The maximum absolute atomic E-state index is 10.9. The lowest BCUT2D eigenvalue weighted by Gasteiger charge is -1.90. The highest BCUT2D eigenvalue weighted by molar-refractivity contribution is 7.16. The van der Waals surface area contributed by atoms with Gasteiger partial charge in [0.05, 0.1) is 19.0 Å². The zero-order chi connectivity index (χ0) is 10.8. The van der Waals surface area contributed by atoms with Gasteiger partial charge < -0.3 is 4.74 Å². The maximum Gasteiger partial charge on any atom is 0.330 e. The van der Waals surface area contributed by atoms with Crippen molar-refractivity contribution in [1.29, 1.82) is 0 Å². The molecule has 0 fully saturated rings. The maximum atomic E-state index is 10.9. The molecule has 0 aliphatic carbocycles. The molecule has 0 unspecified atom stereocenters. The van der Waals surface area contributed by atoms with Gasteiger partial charge in [0.25, 0.3) is 0 Å². The first-order valence-electron chi connectivity index (χ1n) is 4.40. The summed E-state index contributed by atoms with van der Waals surface area (Å²) < 4.78 is 6.46. The van der Waals surface area contributed by atoms with Crippen molar-refractivity contribution in [3.63, 3.8) is 0 Å². The summed E-state index contributed by atoms with van der Waals surface area (Å²) in [6, 6.07) is 0. The van der Waals surface area contributed by atoms with Crippen molar-refractivity contribution in [1.82, 2.24) is 9.38 Å². The van der Waals surface area contributed by atoms with E-state index in [4.69, 9.17) is 0 Å². The van der Waals surface area contributed by atoms with Crippen LogP contribution in [0.15, 0.2) is 18.5 Å². The van der Waals surface area contributed by atoms with Gasteiger partial charge in [0, 0.05) is 17.2 Å². The molecule has 0 spiro atoms. The molecule has 2 aromatic rings. The molecule has 4 nitrogen and oxygen atoms in total. The number of carbonyl (C=O) groups excluding carboxylic acids is 1. The lowest BCUT2D eigenvalue weighted by atomic mass is 10.4. The molecule has 15 heavy (non-hydrogen) atoms. The number of rotatable bonds is 2. The molecule has 78 valence electrons. The second-order valence-corrected chi connectivity index (χ2v) is 4.25. The number of thiazole rings is 1. The third-order valence-electron chi connectivity index (χ3n) is 1.95. The third-order valence-corrected chi connectivity index (χ3v) is 2.86. The van der Waals surface area contributed by atoms with Gasteiger partial charge in [0.15, 0.2) is 4.96 Å². The van der Waals surface area contributed by atoms with Crippen LogP contribution in [0.1, 0.15) is 10.6 Å². The van der Waals surface area contributed by atoms with E-state index in [1.807, 2.05) is 17.5 Å². The van der Waals surface area contributed by atoms with E-state index in [2.05, 4.69) is 9.72 Å². The van der Waals surface area contributed by atoms with Crippen molar-refractivity contribution < 1.29 is 9.53 Å². The van der Waals surface area contributed by atoms with Gasteiger partial charge in [-0.3, -0.25) is 4.40 Å². The summed E-state index contributed by atoms with van der Waals surface area (Å²) in [6.07, 6.45) is 6.79. The number of methoxy groups -OCH3 is 1. The highest BCUT2D eigenvalue weighted by atomic mass is 32.1. The summed E-state index contributed by atoms with van der Waals surface area (Å²) in [7, 11) is 1.35. The minimum Gasteiger partial charge on any atom is -0.466 e. The van der Waals surface area contributed by atoms with E-state index in [9.17, 15) is 4.79 Å². The SMILES string of the molecule is COC(=O)/C=C/c1cnc2sc(C)cn12. The molecule has 2 heterocycles. The van der Waals surface area contributed by atoms with Crippen molar-refractivity contribution in [3.05, 3.63) is 29.0 Å². The van der Waals surface area contributed by atoms with Crippen molar-refractivity contribution in [3.8, 4) is 0 Å². The van der Waals surface area contributed by atoms with Crippen molar-refractivity contribution in [2.45, 2.75) is 6.92 Å². The Morgan fingerprint density at radius 3 is 3.20 bits per heavy atom. The quantitative estimate of drug-likeness (QED) is 0.575. The molecular weight excluding hydrogens is 212 g/mol. The Morgan fingerprint density at radius 2 is 2.47 bits per heavy atom. The largest absolute Gasteiger partial charge is 0.466 e. The molecule has 5 heteroatoms. The Bertz CT molecular complexity index is 524. The van der Waals surface area contributed by atoms with E-state index in [0.717, 1.165) is 10.7 Å². The lowest BCUT2D eigenvalue weighted by Crippen LogP contribution is -1.93. The fourth-order valence-electron chi connectivity index (χ4n) is 1.26. The Labute approximate surface area is 90.8 Å². The van der Waals surface area contributed by atoms with E-state index in [1.54, 1.807) is 23.6 Å². The fraction of sp³-hybridized carbons (Fsp3) is 0.200. The first-order chi connectivity index (χ1) is 7.20. The van der Waals surface area contributed by atoms with Crippen LogP contribution < -0.4 is 0 Å². The molecule has 0 atom stereocenters. The van der Waals surface area contributed by atoms with Gasteiger partial charge in [-0.15, -0.1) is 11.3 Å². The second-order valence-electron chi connectivity index (χ2n) is 3.03. The summed E-state index contributed by atoms with van der Waals surface area (Å²) in [5.74, 6) is -0.364. The van der Waals surface area contributed by atoms with Gasteiger partial charge >= 0.3 is 5.97 Å². The van der Waals surface area contributed by atoms with Crippen molar-refractivity contribution in [2.75, 3.05) is 7.11 Å². The number of esters is 1. The van der Waals surface area contributed by atoms with Crippen LogP contribution in [0.2, 0.25) is 0 Å². The number of hydrogen-bond acceptors (Lipinski definition) is 4. The van der Waals surface area contributed by atoms with Crippen LogP contribution in [0.5, 0.6) is 0 Å². The van der Waals surface area contributed by atoms with E-state index in [1.165, 1.54) is 18.1 Å². The van der Waals surface area contributed by atoms with E-state index in [-0.39, 0.29) is 5.97 Å². The lowest BCUT2D eigenvalue weighted by molar-refractivity contribution is -0.134. The molecule has 2 rings (SSSR count). The second kappa shape index (κ2) is 3.86. The van der Waals surface area contributed by atoms with Gasteiger partial charge in [-0.05, 0) is 13.0 Å². The molecule has 0 saturated carbocycles. The Hall–Kier alpha value is -1.62. The minimum atomic E-state index is -0.364. The predicted octanol–water partition coefficient (Wildman–Crippen LogP) is 1.89. The molecule has 0 amide bonds. The average molecular weight is 222 g/mol. The summed E-state index contributed by atoms with van der Waals surface area (Å²) >= 11 is 1.61. The molecule has 0 aliphatic heterocycles. The van der Waals surface area contributed by atoms with Crippen LogP contribution >= 0.6 is 11.3 Å². The zero-order valence-electron chi connectivity index (χ0n) is 8.43. The van der Waals surface area contributed by atoms with E-state index in [0.29, 0.717) is 0 Å². The number of carbonyl (C=O) groups is 1. The van der Waals surface area contributed by atoms with E-state index < -0.39 is 0 Å². The van der Waals surface area contributed by atoms with Gasteiger partial charge in [0.2, 0.25) is 0 Å². The molecule has 0 bridgehead atoms. The Balaban J connectivity index is 2.35. The number of aryl methyl sites for hydroxylation is 1. The highest BCUT2D eigenvalue weighted by Crippen LogP contribution is 2.18. The van der Waals surface area contributed by atoms with Crippen LogP contribution in [-0.2, 0) is 9.53 Å². The summed E-state index contributed by atoms with van der Waals surface area (Å²) in [5, 5.41) is 0. The van der Waals surface area contributed by atoms with Crippen LogP contribution in [0.25, 0.3) is 11.0 Å². The zero-order valence-corrected chi connectivity index (χ0v) is 9.25. The molecule has 0 saturated heterocycles. The van der Waals surface area contributed by atoms with Crippen LogP contribution in [0, 0.1) is 6.92 Å².